The van der Waals surface area contributed by atoms with Crippen molar-refractivity contribution in [1.82, 2.24) is 9.21 Å². The molecule has 114 valence electrons. The Morgan fingerprint density at radius 3 is 2.52 bits per heavy atom. The molecule has 0 aliphatic carbocycles. The number of carbonyl (C=O) groups excluding carboxylic acids is 1. The van der Waals surface area contributed by atoms with Gasteiger partial charge in [0.1, 0.15) is 5.82 Å². The predicted molar refractivity (Wildman–Crippen MR) is 74.4 cm³/mol. The molecular weight excluding hydrogens is 295 g/mol. The highest BCUT2D eigenvalue weighted by molar-refractivity contribution is 7.89. The SMILES string of the molecule is C[C@@H]1C[C@@H]2CN(S(=O)(=O)c3ccc(F)cc3)CCN2C1=O. The molecule has 1 aromatic carbocycles. The second-order valence-corrected chi connectivity index (χ2v) is 7.58. The maximum atomic E-state index is 12.9. The van der Waals surface area contributed by atoms with Crippen LogP contribution in [0.4, 0.5) is 4.39 Å². The van der Waals surface area contributed by atoms with E-state index >= 15 is 0 Å². The molecular formula is C14H17FN2O3S. The number of rotatable bonds is 2. The van der Waals surface area contributed by atoms with Gasteiger partial charge in [0.05, 0.1) is 4.90 Å². The molecule has 7 heteroatoms. The van der Waals surface area contributed by atoms with Crippen molar-refractivity contribution < 1.29 is 17.6 Å². The first-order valence-corrected chi connectivity index (χ1v) is 8.40. The molecule has 2 saturated heterocycles. The van der Waals surface area contributed by atoms with Crippen molar-refractivity contribution in [2.75, 3.05) is 19.6 Å². The number of benzene rings is 1. The molecule has 2 aliphatic heterocycles. The molecule has 0 unspecified atom stereocenters. The highest BCUT2D eigenvalue weighted by Gasteiger charge is 2.42. The Morgan fingerprint density at radius 1 is 1.19 bits per heavy atom. The molecule has 0 spiro atoms. The lowest BCUT2D eigenvalue weighted by atomic mass is 10.1. The van der Waals surface area contributed by atoms with Crippen molar-refractivity contribution in [2.45, 2.75) is 24.3 Å². The second kappa shape index (κ2) is 5.06. The standard InChI is InChI=1S/C14H17FN2O3S/c1-10-8-12-9-16(6-7-17(12)14(10)18)21(19,20)13-4-2-11(15)3-5-13/h2-5,10,12H,6-9H2,1H3/t10-,12-/m1/s1. The summed E-state index contributed by atoms with van der Waals surface area (Å²) in [6.45, 7) is 2.90. The van der Waals surface area contributed by atoms with Gasteiger partial charge in [0.15, 0.2) is 0 Å². The number of hydrogen-bond acceptors (Lipinski definition) is 3. The van der Waals surface area contributed by atoms with Crippen LogP contribution in [0.1, 0.15) is 13.3 Å². The molecule has 3 rings (SSSR count). The molecule has 2 fully saturated rings. The Morgan fingerprint density at radius 2 is 1.86 bits per heavy atom. The van der Waals surface area contributed by atoms with Gasteiger partial charge < -0.3 is 4.90 Å². The minimum Gasteiger partial charge on any atom is -0.337 e. The van der Waals surface area contributed by atoms with Gasteiger partial charge in [-0.1, -0.05) is 6.92 Å². The lowest BCUT2D eigenvalue weighted by Gasteiger charge is -2.36. The summed E-state index contributed by atoms with van der Waals surface area (Å²) in [5.41, 5.74) is 0. The van der Waals surface area contributed by atoms with Gasteiger partial charge in [-0.2, -0.15) is 4.31 Å². The molecule has 2 aliphatic rings. The summed E-state index contributed by atoms with van der Waals surface area (Å²) >= 11 is 0. The summed E-state index contributed by atoms with van der Waals surface area (Å²) in [5.74, 6) is -0.392. The van der Waals surface area contributed by atoms with Crippen molar-refractivity contribution in [2.24, 2.45) is 5.92 Å². The van der Waals surface area contributed by atoms with Crippen molar-refractivity contribution in [3.05, 3.63) is 30.1 Å². The van der Waals surface area contributed by atoms with Crippen LogP contribution < -0.4 is 0 Å². The number of piperazine rings is 1. The van der Waals surface area contributed by atoms with E-state index in [1.165, 1.54) is 16.4 Å². The minimum absolute atomic E-state index is 0.0384. The number of fused-ring (bicyclic) bond motifs is 1. The maximum Gasteiger partial charge on any atom is 0.243 e. The number of nitrogens with zero attached hydrogens (tertiary/aromatic N) is 2. The first-order chi connectivity index (χ1) is 9.89. The quantitative estimate of drug-likeness (QED) is 0.821. The van der Waals surface area contributed by atoms with Crippen molar-refractivity contribution in [3.8, 4) is 0 Å². The summed E-state index contributed by atoms with van der Waals surface area (Å²) in [6, 6.07) is 4.80. The van der Waals surface area contributed by atoms with Gasteiger partial charge in [0.2, 0.25) is 15.9 Å². The minimum atomic E-state index is -3.62. The van der Waals surface area contributed by atoms with Crippen LogP contribution in [0.3, 0.4) is 0 Å². The van der Waals surface area contributed by atoms with Crippen LogP contribution in [0.25, 0.3) is 0 Å². The highest BCUT2D eigenvalue weighted by Crippen LogP contribution is 2.29. The summed E-state index contributed by atoms with van der Waals surface area (Å²) in [7, 11) is -3.62. The summed E-state index contributed by atoms with van der Waals surface area (Å²) in [4.78, 5) is 13.8. The van der Waals surface area contributed by atoms with Gasteiger partial charge in [0, 0.05) is 31.6 Å². The zero-order valence-electron chi connectivity index (χ0n) is 11.7. The molecule has 0 radical (unpaired) electrons. The average Bonchev–Trinajstić information content (AvgIpc) is 2.74. The Bertz CT molecular complexity index is 659. The number of hydrogen-bond donors (Lipinski definition) is 0. The lowest BCUT2D eigenvalue weighted by molar-refractivity contribution is -0.132. The molecule has 1 amide bonds. The van der Waals surface area contributed by atoms with E-state index in [-0.39, 0.29) is 29.3 Å². The van der Waals surface area contributed by atoms with Crippen molar-refractivity contribution in [1.29, 1.82) is 0 Å². The van der Waals surface area contributed by atoms with E-state index < -0.39 is 15.8 Å². The fraction of sp³-hybridized carbons (Fsp3) is 0.500. The molecule has 21 heavy (non-hydrogen) atoms. The van der Waals surface area contributed by atoms with E-state index in [0.29, 0.717) is 19.5 Å². The fourth-order valence-corrected chi connectivity index (χ4v) is 4.55. The van der Waals surface area contributed by atoms with E-state index in [1.54, 1.807) is 4.90 Å². The predicted octanol–water partition coefficient (Wildman–Crippen LogP) is 1.07. The van der Waals surface area contributed by atoms with Crippen LogP contribution in [0, 0.1) is 11.7 Å². The third kappa shape index (κ3) is 2.44. The van der Waals surface area contributed by atoms with Crippen LogP contribution in [0.15, 0.2) is 29.2 Å². The van der Waals surface area contributed by atoms with Crippen molar-refractivity contribution in [3.63, 3.8) is 0 Å². The van der Waals surface area contributed by atoms with Crippen LogP contribution in [-0.2, 0) is 14.8 Å². The normalized spacial score (nSPS) is 27.0. The Balaban J connectivity index is 1.82. The van der Waals surface area contributed by atoms with Gasteiger partial charge in [-0.05, 0) is 30.7 Å². The van der Waals surface area contributed by atoms with E-state index in [4.69, 9.17) is 0 Å². The third-order valence-corrected chi connectivity index (χ3v) is 6.11. The monoisotopic (exact) mass is 312 g/mol. The van der Waals surface area contributed by atoms with Gasteiger partial charge in [-0.3, -0.25) is 4.79 Å². The summed E-state index contributed by atoms with van der Waals surface area (Å²) in [5, 5.41) is 0. The molecule has 2 atom stereocenters. The van der Waals surface area contributed by atoms with E-state index in [9.17, 15) is 17.6 Å². The molecule has 5 nitrogen and oxygen atoms in total. The molecule has 0 aromatic heterocycles. The zero-order valence-corrected chi connectivity index (χ0v) is 12.5. The van der Waals surface area contributed by atoms with Crippen LogP contribution in [-0.4, -0.2) is 49.2 Å². The van der Waals surface area contributed by atoms with Gasteiger partial charge in [-0.15, -0.1) is 0 Å². The largest absolute Gasteiger partial charge is 0.337 e. The Kier molecular flexibility index (Phi) is 3.49. The highest BCUT2D eigenvalue weighted by atomic mass is 32.2. The van der Waals surface area contributed by atoms with E-state index in [0.717, 1.165) is 12.1 Å². The molecule has 2 heterocycles. The number of sulfonamides is 1. The van der Waals surface area contributed by atoms with Gasteiger partial charge in [0.25, 0.3) is 0 Å². The van der Waals surface area contributed by atoms with Gasteiger partial charge >= 0.3 is 0 Å². The maximum absolute atomic E-state index is 12.9. The average molecular weight is 312 g/mol. The smallest absolute Gasteiger partial charge is 0.243 e. The van der Waals surface area contributed by atoms with Crippen LogP contribution in [0.5, 0.6) is 0 Å². The molecule has 0 bridgehead atoms. The zero-order chi connectivity index (χ0) is 15.2. The first-order valence-electron chi connectivity index (χ1n) is 6.96. The molecule has 1 aromatic rings. The third-order valence-electron chi connectivity index (χ3n) is 4.23. The Hall–Kier alpha value is -1.47. The lowest BCUT2D eigenvalue weighted by Crippen LogP contribution is -2.53. The van der Waals surface area contributed by atoms with Crippen LogP contribution >= 0.6 is 0 Å². The number of amides is 1. The molecule has 0 N–H and O–H groups in total. The fourth-order valence-electron chi connectivity index (χ4n) is 3.08. The summed E-state index contributed by atoms with van der Waals surface area (Å²) < 4.78 is 39.4. The summed E-state index contributed by atoms with van der Waals surface area (Å²) in [6.07, 6.45) is 0.689. The van der Waals surface area contributed by atoms with E-state index in [1.807, 2.05) is 6.92 Å². The topological polar surface area (TPSA) is 57.7 Å². The molecule has 0 saturated carbocycles. The van der Waals surface area contributed by atoms with Gasteiger partial charge in [-0.25, -0.2) is 12.8 Å². The van der Waals surface area contributed by atoms with Crippen LogP contribution in [0.2, 0.25) is 0 Å². The first kappa shape index (κ1) is 14.5. The van der Waals surface area contributed by atoms with Crippen molar-refractivity contribution >= 4 is 15.9 Å². The number of carbonyl (C=O) groups is 1. The second-order valence-electron chi connectivity index (χ2n) is 5.64. The van der Waals surface area contributed by atoms with E-state index in [2.05, 4.69) is 0 Å². The Labute approximate surface area is 123 Å². The number of halogens is 1.